The van der Waals surface area contributed by atoms with Crippen molar-refractivity contribution in [3.05, 3.63) is 95.1 Å². The van der Waals surface area contributed by atoms with Crippen LogP contribution < -0.4 is 5.32 Å². The van der Waals surface area contributed by atoms with Crippen LogP contribution in [0.15, 0.2) is 77.7 Å². The van der Waals surface area contributed by atoms with Crippen LogP contribution in [0.2, 0.25) is 0 Å². The molecular weight excluding hydrogens is 489 g/mol. The number of alkyl halides is 3. The van der Waals surface area contributed by atoms with Gasteiger partial charge in [0, 0.05) is 24.3 Å². The summed E-state index contributed by atoms with van der Waals surface area (Å²) in [6.07, 6.45) is -2.16. The molecule has 0 saturated carbocycles. The van der Waals surface area contributed by atoms with Gasteiger partial charge < -0.3 is 5.32 Å². The van der Waals surface area contributed by atoms with Crippen LogP contribution in [0.5, 0.6) is 0 Å². The number of halogens is 3. The van der Waals surface area contributed by atoms with E-state index in [2.05, 4.69) is 17.4 Å². The standard InChI is InChI=1S/C27H27F3N2O3S/c1-19-10-11-24(18-25(19)26(33)31-23-9-5-8-22(17-23)27(28,29)30)36(34,35)32-14-12-21(13-15-32)16-20-6-3-2-4-7-20/h2-11,17-18,21H,12-16H2,1H3,(H,31,33). The summed E-state index contributed by atoms with van der Waals surface area (Å²) in [7, 11) is -3.83. The predicted molar refractivity (Wildman–Crippen MR) is 132 cm³/mol. The van der Waals surface area contributed by atoms with Crippen molar-refractivity contribution in [1.82, 2.24) is 4.31 Å². The van der Waals surface area contributed by atoms with Gasteiger partial charge in [0.1, 0.15) is 0 Å². The molecule has 0 atom stereocenters. The summed E-state index contributed by atoms with van der Waals surface area (Å²) in [4.78, 5) is 12.9. The third-order valence-corrected chi connectivity index (χ3v) is 8.37. The minimum Gasteiger partial charge on any atom is -0.322 e. The van der Waals surface area contributed by atoms with E-state index in [4.69, 9.17) is 0 Å². The Balaban J connectivity index is 1.47. The number of aryl methyl sites for hydroxylation is 1. The van der Waals surface area contributed by atoms with E-state index in [0.29, 0.717) is 24.6 Å². The van der Waals surface area contributed by atoms with Gasteiger partial charge in [0.05, 0.1) is 10.5 Å². The molecule has 0 aliphatic carbocycles. The molecule has 0 radical (unpaired) electrons. The first kappa shape index (κ1) is 25.9. The third kappa shape index (κ3) is 5.96. The Kier molecular flexibility index (Phi) is 7.51. The Hall–Kier alpha value is -3.17. The molecule has 0 unspecified atom stereocenters. The van der Waals surface area contributed by atoms with E-state index >= 15 is 0 Å². The Morgan fingerprint density at radius 3 is 2.33 bits per heavy atom. The van der Waals surface area contributed by atoms with Crippen LogP contribution >= 0.6 is 0 Å². The second-order valence-electron chi connectivity index (χ2n) is 9.05. The fraction of sp³-hybridized carbons (Fsp3) is 0.296. The molecule has 190 valence electrons. The van der Waals surface area contributed by atoms with Gasteiger partial charge in [-0.1, -0.05) is 42.5 Å². The Morgan fingerprint density at radius 1 is 0.972 bits per heavy atom. The molecule has 0 aromatic heterocycles. The monoisotopic (exact) mass is 516 g/mol. The normalized spacial score (nSPS) is 15.6. The fourth-order valence-corrected chi connectivity index (χ4v) is 5.92. The number of amides is 1. The summed E-state index contributed by atoms with van der Waals surface area (Å²) in [6.45, 7) is 2.42. The first-order chi connectivity index (χ1) is 17.0. The SMILES string of the molecule is Cc1ccc(S(=O)(=O)N2CCC(Cc3ccccc3)CC2)cc1C(=O)Nc1cccc(C(F)(F)F)c1. The number of nitrogens with zero attached hydrogens (tertiary/aromatic N) is 1. The van der Waals surface area contributed by atoms with Crippen LogP contribution in [0.1, 0.15) is 39.9 Å². The average Bonchev–Trinajstić information content (AvgIpc) is 2.85. The van der Waals surface area contributed by atoms with Crippen molar-refractivity contribution < 1.29 is 26.4 Å². The van der Waals surface area contributed by atoms with Crippen LogP contribution in [-0.2, 0) is 22.6 Å². The zero-order valence-electron chi connectivity index (χ0n) is 19.8. The minimum atomic E-state index is -4.54. The zero-order valence-corrected chi connectivity index (χ0v) is 20.6. The maximum absolute atomic E-state index is 13.3. The van der Waals surface area contributed by atoms with Crippen molar-refractivity contribution in [2.45, 2.75) is 37.3 Å². The number of nitrogens with one attached hydrogen (secondary N) is 1. The molecule has 1 N–H and O–H groups in total. The Labute approximate surface area is 209 Å². The zero-order chi connectivity index (χ0) is 25.9. The summed E-state index contributed by atoms with van der Waals surface area (Å²) < 4.78 is 67.1. The largest absolute Gasteiger partial charge is 0.416 e. The molecule has 0 spiro atoms. The van der Waals surface area contributed by atoms with E-state index in [1.807, 2.05) is 18.2 Å². The number of carbonyl (C=O) groups is 1. The maximum atomic E-state index is 13.3. The molecule has 3 aromatic rings. The van der Waals surface area contributed by atoms with Crippen LogP contribution in [0, 0.1) is 12.8 Å². The van der Waals surface area contributed by atoms with Crippen molar-refractivity contribution in [1.29, 1.82) is 0 Å². The summed E-state index contributed by atoms with van der Waals surface area (Å²) >= 11 is 0. The molecule has 1 heterocycles. The number of hydrogen-bond donors (Lipinski definition) is 1. The highest BCUT2D eigenvalue weighted by Gasteiger charge is 2.31. The van der Waals surface area contributed by atoms with Crippen molar-refractivity contribution in [3.8, 4) is 0 Å². The number of carbonyl (C=O) groups excluding carboxylic acids is 1. The summed E-state index contributed by atoms with van der Waals surface area (Å²) in [5, 5.41) is 2.45. The molecule has 5 nitrogen and oxygen atoms in total. The number of rotatable bonds is 6. The van der Waals surface area contributed by atoms with E-state index in [9.17, 15) is 26.4 Å². The number of piperidine rings is 1. The summed E-state index contributed by atoms with van der Waals surface area (Å²) in [6, 6.07) is 18.7. The van der Waals surface area contributed by atoms with Gasteiger partial charge in [0.2, 0.25) is 10.0 Å². The van der Waals surface area contributed by atoms with Gasteiger partial charge in [-0.15, -0.1) is 0 Å². The lowest BCUT2D eigenvalue weighted by Crippen LogP contribution is -2.39. The maximum Gasteiger partial charge on any atom is 0.416 e. The van der Waals surface area contributed by atoms with E-state index in [1.54, 1.807) is 6.92 Å². The predicted octanol–water partition coefficient (Wildman–Crippen LogP) is 5.91. The molecule has 1 amide bonds. The van der Waals surface area contributed by atoms with Crippen molar-refractivity contribution in [3.63, 3.8) is 0 Å². The van der Waals surface area contributed by atoms with Crippen LogP contribution in [0.3, 0.4) is 0 Å². The van der Waals surface area contributed by atoms with Gasteiger partial charge in [-0.2, -0.15) is 17.5 Å². The van der Waals surface area contributed by atoms with E-state index < -0.39 is 27.7 Å². The quantitative estimate of drug-likeness (QED) is 0.443. The summed E-state index contributed by atoms with van der Waals surface area (Å²) in [5.41, 5.74) is 0.924. The molecule has 1 aliphatic heterocycles. The van der Waals surface area contributed by atoms with E-state index in [0.717, 1.165) is 31.4 Å². The highest BCUT2D eigenvalue weighted by molar-refractivity contribution is 7.89. The molecular formula is C27H27F3N2O3S. The van der Waals surface area contributed by atoms with Gasteiger partial charge in [-0.25, -0.2) is 8.42 Å². The molecule has 4 rings (SSSR count). The van der Waals surface area contributed by atoms with Gasteiger partial charge in [0.15, 0.2) is 0 Å². The molecule has 3 aromatic carbocycles. The van der Waals surface area contributed by atoms with Gasteiger partial charge >= 0.3 is 6.18 Å². The molecule has 1 saturated heterocycles. The van der Waals surface area contributed by atoms with Crippen LogP contribution in [0.25, 0.3) is 0 Å². The molecule has 1 fully saturated rings. The third-order valence-electron chi connectivity index (χ3n) is 6.48. The second kappa shape index (κ2) is 10.4. The summed E-state index contributed by atoms with van der Waals surface area (Å²) in [5.74, 6) is -0.281. The van der Waals surface area contributed by atoms with Crippen molar-refractivity contribution in [2.24, 2.45) is 5.92 Å². The van der Waals surface area contributed by atoms with Gasteiger partial charge in [0.25, 0.3) is 5.91 Å². The number of benzene rings is 3. The van der Waals surface area contributed by atoms with Crippen molar-refractivity contribution >= 4 is 21.6 Å². The van der Waals surface area contributed by atoms with Gasteiger partial charge in [-0.3, -0.25) is 4.79 Å². The number of hydrogen-bond acceptors (Lipinski definition) is 3. The van der Waals surface area contributed by atoms with E-state index in [1.165, 1.54) is 40.2 Å². The molecule has 36 heavy (non-hydrogen) atoms. The van der Waals surface area contributed by atoms with E-state index in [-0.39, 0.29) is 16.1 Å². The number of anilines is 1. The first-order valence-electron chi connectivity index (χ1n) is 11.7. The lowest BCUT2D eigenvalue weighted by Gasteiger charge is -2.31. The van der Waals surface area contributed by atoms with Crippen molar-refractivity contribution in [2.75, 3.05) is 18.4 Å². The molecule has 0 bridgehead atoms. The molecule has 1 aliphatic rings. The highest BCUT2D eigenvalue weighted by Crippen LogP contribution is 2.31. The first-order valence-corrected chi connectivity index (χ1v) is 13.1. The van der Waals surface area contributed by atoms with Gasteiger partial charge in [-0.05, 0) is 73.6 Å². The lowest BCUT2D eigenvalue weighted by atomic mass is 9.91. The smallest absolute Gasteiger partial charge is 0.322 e. The van der Waals surface area contributed by atoms with Crippen LogP contribution in [-0.4, -0.2) is 31.7 Å². The lowest BCUT2D eigenvalue weighted by molar-refractivity contribution is -0.137. The highest BCUT2D eigenvalue weighted by atomic mass is 32.2. The Bertz CT molecular complexity index is 1330. The second-order valence-corrected chi connectivity index (χ2v) is 11.0. The van der Waals surface area contributed by atoms with Crippen LogP contribution in [0.4, 0.5) is 18.9 Å². The average molecular weight is 517 g/mol. The minimum absolute atomic E-state index is 0.0104. The Morgan fingerprint density at radius 2 is 1.67 bits per heavy atom. The fourth-order valence-electron chi connectivity index (χ4n) is 4.43. The topological polar surface area (TPSA) is 66.5 Å². The number of sulfonamides is 1. The molecule has 9 heteroatoms.